The Morgan fingerprint density at radius 1 is 1.07 bits per heavy atom. The first kappa shape index (κ1) is 20.0. The van der Waals surface area contributed by atoms with E-state index >= 15 is 0 Å². The van der Waals surface area contributed by atoms with E-state index in [-0.39, 0.29) is 23.7 Å². The zero-order valence-corrected chi connectivity index (χ0v) is 17.2. The summed E-state index contributed by atoms with van der Waals surface area (Å²) in [5.41, 5.74) is 0.756. The lowest BCUT2D eigenvalue weighted by Gasteiger charge is -2.40. The van der Waals surface area contributed by atoms with Crippen LogP contribution in [0.1, 0.15) is 31.2 Å². The number of anilines is 1. The second-order valence-corrected chi connectivity index (χ2v) is 7.85. The van der Waals surface area contributed by atoms with Gasteiger partial charge in [-0.25, -0.2) is 4.98 Å². The molecule has 4 rings (SSSR count). The normalized spacial score (nSPS) is 19.0. The fourth-order valence-electron chi connectivity index (χ4n) is 4.45. The van der Waals surface area contributed by atoms with E-state index in [4.69, 9.17) is 11.6 Å². The molecule has 2 heterocycles. The van der Waals surface area contributed by atoms with Gasteiger partial charge in [-0.3, -0.25) is 4.79 Å². The molecule has 2 fully saturated rings. The van der Waals surface area contributed by atoms with Crippen LogP contribution in [0.3, 0.4) is 0 Å². The van der Waals surface area contributed by atoms with Gasteiger partial charge in [-0.05, 0) is 30.5 Å². The minimum atomic E-state index is -0.365. The highest BCUT2D eigenvalue weighted by Crippen LogP contribution is 2.43. The Morgan fingerprint density at radius 2 is 1.70 bits per heavy atom. The quantitative estimate of drug-likeness (QED) is 0.777. The van der Waals surface area contributed by atoms with Gasteiger partial charge in [0.05, 0.1) is 5.41 Å². The van der Waals surface area contributed by atoms with Crippen LogP contribution in [0.4, 0.5) is 5.95 Å². The monoisotopic (exact) mass is 408 g/mol. The Kier molecular flexibility index (Phi) is 6.02. The van der Waals surface area contributed by atoms with Crippen molar-refractivity contribution in [2.24, 2.45) is 7.05 Å². The lowest BCUT2D eigenvalue weighted by Crippen LogP contribution is -2.54. The van der Waals surface area contributed by atoms with Crippen LogP contribution in [0.5, 0.6) is 0 Å². The van der Waals surface area contributed by atoms with Crippen molar-refractivity contribution in [3.8, 4) is 0 Å². The summed E-state index contributed by atoms with van der Waals surface area (Å²) in [5, 5.41) is 0.720. The van der Waals surface area contributed by atoms with E-state index < -0.39 is 0 Å². The molecule has 27 heavy (non-hydrogen) atoms. The number of hydrogen-bond donors (Lipinski definition) is 0. The summed E-state index contributed by atoms with van der Waals surface area (Å²) in [6.07, 6.45) is 7.88. The van der Waals surface area contributed by atoms with Crippen LogP contribution in [0.15, 0.2) is 36.7 Å². The summed E-state index contributed by atoms with van der Waals surface area (Å²) in [6, 6.07) is 7.89. The molecule has 0 unspecified atom stereocenters. The third kappa shape index (κ3) is 3.67. The number of halogens is 2. The molecule has 1 aromatic heterocycles. The van der Waals surface area contributed by atoms with E-state index in [2.05, 4.69) is 14.8 Å². The standard InChI is InChI=1S/C20H25ClN4O.ClH/c1-23-11-10-22-19(23)25-14-12-24(13-15-25)18(26)20(8-2-3-9-20)16-4-6-17(21)7-5-16;/h4-7,10-11H,2-3,8-9,12-15H2,1H3;1H. The number of imidazole rings is 1. The molecule has 1 aliphatic heterocycles. The summed E-state index contributed by atoms with van der Waals surface area (Å²) in [7, 11) is 2.01. The van der Waals surface area contributed by atoms with Crippen molar-refractivity contribution in [2.75, 3.05) is 31.1 Å². The lowest BCUT2D eigenvalue weighted by molar-refractivity contribution is -0.137. The van der Waals surface area contributed by atoms with E-state index in [1.807, 2.05) is 48.3 Å². The number of carbonyl (C=O) groups excluding carboxylic acids is 1. The van der Waals surface area contributed by atoms with Gasteiger partial charge in [0.25, 0.3) is 0 Å². The van der Waals surface area contributed by atoms with Gasteiger partial charge in [-0.1, -0.05) is 36.6 Å². The van der Waals surface area contributed by atoms with Crippen molar-refractivity contribution >= 4 is 35.9 Å². The predicted octanol–water partition coefficient (Wildman–Crippen LogP) is 3.66. The topological polar surface area (TPSA) is 41.4 Å². The van der Waals surface area contributed by atoms with Gasteiger partial charge >= 0.3 is 0 Å². The minimum absolute atomic E-state index is 0. The molecule has 1 aromatic carbocycles. The first-order chi connectivity index (χ1) is 12.6. The third-order valence-electron chi connectivity index (χ3n) is 5.91. The fourth-order valence-corrected chi connectivity index (χ4v) is 4.57. The molecule has 0 atom stereocenters. The number of hydrogen-bond acceptors (Lipinski definition) is 3. The lowest BCUT2D eigenvalue weighted by atomic mass is 9.77. The molecule has 2 aliphatic rings. The van der Waals surface area contributed by atoms with Gasteiger partial charge < -0.3 is 14.4 Å². The summed E-state index contributed by atoms with van der Waals surface area (Å²) < 4.78 is 2.03. The van der Waals surface area contributed by atoms with E-state index in [0.717, 1.165) is 68.4 Å². The van der Waals surface area contributed by atoms with Crippen LogP contribution in [0, 0.1) is 0 Å². The summed E-state index contributed by atoms with van der Waals surface area (Å²) >= 11 is 6.06. The molecular weight excluding hydrogens is 383 g/mol. The Morgan fingerprint density at radius 3 is 2.26 bits per heavy atom. The molecule has 7 heteroatoms. The second kappa shape index (κ2) is 8.11. The van der Waals surface area contributed by atoms with E-state index in [9.17, 15) is 4.79 Å². The van der Waals surface area contributed by atoms with Gasteiger partial charge in [0.1, 0.15) is 0 Å². The van der Waals surface area contributed by atoms with Crippen molar-refractivity contribution in [1.29, 1.82) is 0 Å². The highest BCUT2D eigenvalue weighted by atomic mass is 35.5. The van der Waals surface area contributed by atoms with Crippen molar-refractivity contribution in [3.05, 3.63) is 47.2 Å². The molecule has 146 valence electrons. The zero-order chi connectivity index (χ0) is 18.1. The zero-order valence-electron chi connectivity index (χ0n) is 15.6. The molecule has 0 N–H and O–H groups in total. The van der Waals surface area contributed by atoms with Crippen LogP contribution >= 0.6 is 24.0 Å². The molecule has 1 amide bonds. The van der Waals surface area contributed by atoms with Crippen molar-refractivity contribution in [2.45, 2.75) is 31.1 Å². The molecule has 2 aromatic rings. The van der Waals surface area contributed by atoms with E-state index in [1.54, 1.807) is 0 Å². The number of aryl methyl sites for hydroxylation is 1. The van der Waals surface area contributed by atoms with Crippen LogP contribution in [0.25, 0.3) is 0 Å². The second-order valence-electron chi connectivity index (χ2n) is 7.41. The molecular formula is C20H26Cl2N4O. The van der Waals surface area contributed by atoms with Crippen molar-refractivity contribution in [3.63, 3.8) is 0 Å². The Balaban J connectivity index is 0.00000210. The number of piperazine rings is 1. The highest BCUT2D eigenvalue weighted by Gasteiger charge is 2.45. The number of nitrogens with zero attached hydrogens (tertiary/aromatic N) is 4. The molecule has 1 aliphatic carbocycles. The molecule has 0 radical (unpaired) electrons. The molecule has 0 bridgehead atoms. The van der Waals surface area contributed by atoms with Gasteiger partial charge in [0.2, 0.25) is 11.9 Å². The smallest absolute Gasteiger partial charge is 0.233 e. The van der Waals surface area contributed by atoms with Gasteiger partial charge in [-0.2, -0.15) is 0 Å². The molecule has 5 nitrogen and oxygen atoms in total. The van der Waals surface area contributed by atoms with Crippen LogP contribution in [0.2, 0.25) is 5.02 Å². The summed E-state index contributed by atoms with van der Waals surface area (Å²) in [5.74, 6) is 1.27. The Labute approximate surface area is 171 Å². The first-order valence-electron chi connectivity index (χ1n) is 9.38. The fraction of sp³-hybridized carbons (Fsp3) is 0.500. The average Bonchev–Trinajstić information content (AvgIpc) is 3.32. The maximum Gasteiger partial charge on any atom is 0.233 e. The maximum atomic E-state index is 13.5. The van der Waals surface area contributed by atoms with Crippen LogP contribution in [-0.2, 0) is 17.3 Å². The minimum Gasteiger partial charge on any atom is -0.339 e. The average molecular weight is 409 g/mol. The SMILES string of the molecule is Cl.Cn1ccnc1N1CCN(C(=O)C2(c3ccc(Cl)cc3)CCCC2)CC1. The predicted molar refractivity (Wildman–Crippen MR) is 111 cm³/mol. The van der Waals surface area contributed by atoms with Gasteiger partial charge in [0.15, 0.2) is 0 Å². The van der Waals surface area contributed by atoms with Crippen LogP contribution < -0.4 is 4.90 Å². The van der Waals surface area contributed by atoms with Crippen LogP contribution in [-0.4, -0.2) is 46.5 Å². The summed E-state index contributed by atoms with van der Waals surface area (Å²) in [6.45, 7) is 3.16. The number of aromatic nitrogens is 2. The number of benzene rings is 1. The number of amides is 1. The molecule has 0 spiro atoms. The first-order valence-corrected chi connectivity index (χ1v) is 9.76. The van der Waals surface area contributed by atoms with E-state index in [0.29, 0.717) is 0 Å². The number of carbonyl (C=O) groups is 1. The van der Waals surface area contributed by atoms with E-state index in [1.165, 1.54) is 0 Å². The van der Waals surface area contributed by atoms with Crippen molar-refractivity contribution < 1.29 is 4.79 Å². The highest BCUT2D eigenvalue weighted by molar-refractivity contribution is 6.30. The molecule has 1 saturated carbocycles. The Hall–Kier alpha value is -1.72. The third-order valence-corrected chi connectivity index (χ3v) is 6.16. The van der Waals surface area contributed by atoms with Gasteiger partial charge in [-0.15, -0.1) is 12.4 Å². The van der Waals surface area contributed by atoms with Crippen molar-refractivity contribution in [1.82, 2.24) is 14.5 Å². The largest absolute Gasteiger partial charge is 0.339 e. The maximum absolute atomic E-state index is 13.5. The molecule has 1 saturated heterocycles. The summed E-state index contributed by atoms with van der Waals surface area (Å²) in [4.78, 5) is 22.3. The Bertz CT molecular complexity index is 776. The number of rotatable bonds is 3. The van der Waals surface area contributed by atoms with Gasteiger partial charge in [0, 0.05) is 50.6 Å².